The molecule has 0 radical (unpaired) electrons. The number of ether oxygens (including phenoxy) is 1. The third-order valence-corrected chi connectivity index (χ3v) is 0.984. The third-order valence-electron chi connectivity index (χ3n) is 0.755. The molecule has 0 rings (SSSR count). The topological polar surface area (TPSA) is 61.3 Å². The fourth-order valence-electron chi connectivity index (χ4n) is 0.440. The summed E-state index contributed by atoms with van der Waals surface area (Å²) in [6.07, 6.45) is 2.96. The molecule has 4 N–H and O–H groups in total. The highest BCUT2D eigenvalue weighted by Crippen LogP contribution is 2.03. The number of nitrogens with two attached hydrogens (primary N) is 2. The second-order valence-electron chi connectivity index (χ2n) is 1.53. The van der Waals surface area contributed by atoms with E-state index < -0.39 is 0 Å². The lowest BCUT2D eigenvalue weighted by atomic mass is 10.5. The summed E-state index contributed by atoms with van der Waals surface area (Å²) in [5, 5.41) is 0. The summed E-state index contributed by atoms with van der Waals surface area (Å²) in [4.78, 5) is 0. The van der Waals surface area contributed by atoms with Crippen LogP contribution in [0.3, 0.4) is 0 Å². The largest absolute Gasteiger partial charge is 0.492 e. The SMILES string of the molecule is CCOC(C=C(N)Br)=CN. The van der Waals surface area contributed by atoms with Crippen molar-refractivity contribution in [1.29, 1.82) is 0 Å². The van der Waals surface area contributed by atoms with Crippen LogP contribution in [-0.2, 0) is 4.74 Å². The zero-order chi connectivity index (χ0) is 7.98. The molecule has 0 aromatic heterocycles. The summed E-state index contributed by atoms with van der Waals surface area (Å²) < 4.78 is 5.55. The molecule has 0 saturated carbocycles. The molecule has 0 aliphatic rings. The van der Waals surface area contributed by atoms with Gasteiger partial charge in [0.2, 0.25) is 0 Å². The first-order chi connectivity index (χ1) is 4.70. The normalized spacial score (nSPS) is 13.4. The van der Waals surface area contributed by atoms with E-state index in [0.717, 1.165) is 0 Å². The van der Waals surface area contributed by atoms with Crippen LogP contribution in [0.5, 0.6) is 0 Å². The first kappa shape index (κ1) is 9.36. The Morgan fingerprint density at radius 2 is 2.30 bits per heavy atom. The van der Waals surface area contributed by atoms with E-state index in [1.807, 2.05) is 6.92 Å². The van der Waals surface area contributed by atoms with Gasteiger partial charge in [0.25, 0.3) is 0 Å². The second-order valence-corrected chi connectivity index (χ2v) is 2.45. The fraction of sp³-hybridized carbons (Fsp3) is 0.333. The van der Waals surface area contributed by atoms with Crippen LogP contribution in [0.4, 0.5) is 0 Å². The zero-order valence-corrected chi connectivity index (χ0v) is 7.39. The van der Waals surface area contributed by atoms with E-state index in [-0.39, 0.29) is 0 Å². The Morgan fingerprint density at radius 1 is 1.70 bits per heavy atom. The molecular weight excluding hydrogens is 196 g/mol. The minimum absolute atomic E-state index is 0.498. The molecule has 0 aromatic rings. The lowest BCUT2D eigenvalue weighted by Crippen LogP contribution is -1.95. The highest BCUT2D eigenvalue weighted by molar-refractivity contribution is 9.11. The van der Waals surface area contributed by atoms with Crippen LogP contribution in [0.1, 0.15) is 6.92 Å². The van der Waals surface area contributed by atoms with Crippen molar-refractivity contribution in [3.05, 3.63) is 22.6 Å². The van der Waals surface area contributed by atoms with Crippen LogP contribution in [0.2, 0.25) is 0 Å². The molecule has 0 bridgehead atoms. The Kier molecular flexibility index (Phi) is 4.84. The number of rotatable bonds is 3. The first-order valence-electron chi connectivity index (χ1n) is 2.88. The van der Waals surface area contributed by atoms with E-state index in [9.17, 15) is 0 Å². The first-order valence-corrected chi connectivity index (χ1v) is 3.67. The van der Waals surface area contributed by atoms with Crippen LogP contribution in [-0.4, -0.2) is 6.61 Å². The van der Waals surface area contributed by atoms with Crippen molar-refractivity contribution in [3.8, 4) is 0 Å². The van der Waals surface area contributed by atoms with Crippen LogP contribution in [0.25, 0.3) is 0 Å². The lowest BCUT2D eigenvalue weighted by Gasteiger charge is -2.01. The second kappa shape index (κ2) is 5.17. The Hall–Kier alpha value is -0.640. The van der Waals surface area contributed by atoms with Gasteiger partial charge in [-0.3, -0.25) is 0 Å². The lowest BCUT2D eigenvalue weighted by molar-refractivity contribution is 0.241. The van der Waals surface area contributed by atoms with Gasteiger partial charge in [0.1, 0.15) is 5.76 Å². The summed E-state index contributed by atoms with van der Waals surface area (Å²) in [6, 6.07) is 0. The Balaban J connectivity index is 3.98. The number of halogens is 1. The van der Waals surface area contributed by atoms with Crippen molar-refractivity contribution in [2.75, 3.05) is 6.61 Å². The maximum Gasteiger partial charge on any atom is 0.137 e. The highest BCUT2D eigenvalue weighted by atomic mass is 79.9. The van der Waals surface area contributed by atoms with Gasteiger partial charge in [-0.25, -0.2) is 0 Å². The van der Waals surface area contributed by atoms with Crippen molar-refractivity contribution in [1.82, 2.24) is 0 Å². The van der Waals surface area contributed by atoms with Gasteiger partial charge in [-0.15, -0.1) is 0 Å². The van der Waals surface area contributed by atoms with Gasteiger partial charge >= 0.3 is 0 Å². The van der Waals surface area contributed by atoms with E-state index >= 15 is 0 Å². The molecule has 0 aliphatic heterocycles. The molecule has 4 heteroatoms. The standard InChI is InChI=1S/C6H11BrN2O/c1-2-10-5(4-8)3-6(7)9/h3-4H,2,8-9H2,1H3. The van der Waals surface area contributed by atoms with E-state index in [4.69, 9.17) is 16.2 Å². The van der Waals surface area contributed by atoms with E-state index in [1.54, 1.807) is 6.08 Å². The maximum atomic E-state index is 5.30. The quantitative estimate of drug-likeness (QED) is 0.412. The van der Waals surface area contributed by atoms with E-state index in [0.29, 0.717) is 17.0 Å². The number of hydrogen-bond acceptors (Lipinski definition) is 3. The minimum atomic E-state index is 0.498. The predicted octanol–water partition coefficient (Wildman–Crippen LogP) is 1.02. The average molecular weight is 207 g/mol. The van der Waals surface area contributed by atoms with Gasteiger partial charge in [0.05, 0.1) is 11.2 Å². The molecule has 0 atom stereocenters. The summed E-state index contributed by atoms with van der Waals surface area (Å²) in [7, 11) is 0. The molecule has 0 spiro atoms. The molecule has 0 saturated heterocycles. The van der Waals surface area contributed by atoms with Crippen molar-refractivity contribution in [2.24, 2.45) is 11.5 Å². The molecule has 0 amide bonds. The molecule has 0 fully saturated rings. The third kappa shape index (κ3) is 4.26. The van der Waals surface area contributed by atoms with Crippen LogP contribution in [0.15, 0.2) is 22.6 Å². The van der Waals surface area contributed by atoms with Crippen molar-refractivity contribution in [2.45, 2.75) is 6.92 Å². The molecule has 3 nitrogen and oxygen atoms in total. The van der Waals surface area contributed by atoms with Crippen molar-refractivity contribution in [3.63, 3.8) is 0 Å². The Morgan fingerprint density at radius 3 is 2.60 bits per heavy atom. The van der Waals surface area contributed by atoms with Crippen LogP contribution >= 0.6 is 15.9 Å². The average Bonchev–Trinajstić information content (AvgIpc) is 1.86. The van der Waals surface area contributed by atoms with Gasteiger partial charge in [0, 0.05) is 12.3 Å². The molecular formula is C6H11BrN2O. The summed E-state index contributed by atoms with van der Waals surface area (Å²) >= 11 is 3.05. The monoisotopic (exact) mass is 206 g/mol. The molecule has 0 unspecified atom stereocenters. The Bertz CT molecular complexity index is 150. The van der Waals surface area contributed by atoms with E-state index in [2.05, 4.69) is 15.9 Å². The maximum absolute atomic E-state index is 5.30. The molecule has 0 aromatic carbocycles. The van der Waals surface area contributed by atoms with Crippen molar-refractivity contribution < 1.29 is 4.74 Å². The van der Waals surface area contributed by atoms with Gasteiger partial charge in [-0.2, -0.15) is 0 Å². The van der Waals surface area contributed by atoms with Crippen LogP contribution in [0, 0.1) is 0 Å². The van der Waals surface area contributed by atoms with Gasteiger partial charge in [-0.1, -0.05) is 0 Å². The van der Waals surface area contributed by atoms with Gasteiger partial charge in [0.15, 0.2) is 0 Å². The summed E-state index contributed by atoms with van der Waals surface area (Å²) in [5.41, 5.74) is 10.5. The highest BCUT2D eigenvalue weighted by Gasteiger charge is 1.89. The predicted molar refractivity (Wildman–Crippen MR) is 45.1 cm³/mol. The Labute approximate surface area is 68.8 Å². The van der Waals surface area contributed by atoms with Gasteiger partial charge in [-0.05, 0) is 22.9 Å². The van der Waals surface area contributed by atoms with Crippen LogP contribution < -0.4 is 11.5 Å². The molecule has 0 aliphatic carbocycles. The van der Waals surface area contributed by atoms with Gasteiger partial charge < -0.3 is 16.2 Å². The molecule has 0 heterocycles. The zero-order valence-electron chi connectivity index (χ0n) is 5.80. The molecule has 10 heavy (non-hydrogen) atoms. The number of hydrogen-bond donors (Lipinski definition) is 2. The summed E-state index contributed by atoms with van der Waals surface area (Å²) in [6.45, 7) is 2.46. The smallest absolute Gasteiger partial charge is 0.137 e. The van der Waals surface area contributed by atoms with Crippen molar-refractivity contribution >= 4 is 15.9 Å². The fourth-order valence-corrected chi connectivity index (χ4v) is 0.666. The molecule has 58 valence electrons. The minimum Gasteiger partial charge on any atom is -0.492 e. The van der Waals surface area contributed by atoms with E-state index in [1.165, 1.54) is 6.20 Å². The summed E-state index contributed by atoms with van der Waals surface area (Å²) in [5.74, 6) is 0.567. The number of allylic oxidation sites excluding steroid dienone is 1.